The summed E-state index contributed by atoms with van der Waals surface area (Å²) < 4.78 is 2.31. The third kappa shape index (κ3) is 2.62. The largest absolute Gasteiger partial charge is 0.369 e. The van der Waals surface area contributed by atoms with Gasteiger partial charge in [0.25, 0.3) is 0 Å². The van der Waals surface area contributed by atoms with Gasteiger partial charge < -0.3 is 10.3 Å². The van der Waals surface area contributed by atoms with E-state index in [4.69, 9.17) is 5.73 Å². The average Bonchev–Trinajstić information content (AvgIpc) is 2.81. The normalized spacial score (nSPS) is 11.0. The number of aromatic nitrogens is 1. The van der Waals surface area contributed by atoms with Gasteiger partial charge in [-0.05, 0) is 23.6 Å². The lowest BCUT2D eigenvalue weighted by atomic mass is 10.1. The van der Waals surface area contributed by atoms with Gasteiger partial charge in [0, 0.05) is 23.1 Å². The van der Waals surface area contributed by atoms with Crippen molar-refractivity contribution in [2.75, 3.05) is 0 Å². The lowest BCUT2D eigenvalue weighted by Gasteiger charge is -2.11. The number of amides is 1. The van der Waals surface area contributed by atoms with Gasteiger partial charge in [0.1, 0.15) is 0 Å². The molecule has 0 aliphatic heterocycles. The maximum Gasteiger partial charge on any atom is 0.221 e. The summed E-state index contributed by atoms with van der Waals surface area (Å²) in [5.74, 6) is -0.280. The van der Waals surface area contributed by atoms with E-state index in [0.717, 1.165) is 23.9 Å². The lowest BCUT2D eigenvalue weighted by Crippen LogP contribution is -2.15. The van der Waals surface area contributed by atoms with Crippen LogP contribution in [0.15, 0.2) is 54.6 Å². The van der Waals surface area contributed by atoms with E-state index in [1.54, 1.807) is 0 Å². The summed E-state index contributed by atoms with van der Waals surface area (Å²) >= 11 is 0. The summed E-state index contributed by atoms with van der Waals surface area (Å²) in [6.07, 6.45) is 1.18. The zero-order valence-electron chi connectivity index (χ0n) is 12.8. The average molecular weight is 292 g/mol. The van der Waals surface area contributed by atoms with Crippen molar-refractivity contribution in [3.05, 3.63) is 71.4 Å². The van der Waals surface area contributed by atoms with Gasteiger partial charge >= 0.3 is 0 Å². The van der Waals surface area contributed by atoms with Crippen LogP contribution in [0.3, 0.4) is 0 Å². The Bertz CT molecular complexity index is 803. The number of primary amides is 1. The standard InChI is InChI=1S/C19H20N2O/c1-2-17-16(12-19(20)22)15-10-6-7-11-18(15)21(17)13-14-8-4-3-5-9-14/h3-11H,2,12-13H2,1H3,(H2,20,22). The van der Waals surface area contributed by atoms with Crippen LogP contribution in [0.2, 0.25) is 0 Å². The van der Waals surface area contributed by atoms with E-state index in [0.29, 0.717) is 6.42 Å². The second-order valence-electron chi connectivity index (χ2n) is 5.51. The van der Waals surface area contributed by atoms with Gasteiger partial charge in [-0.15, -0.1) is 0 Å². The number of carbonyl (C=O) groups is 1. The fourth-order valence-corrected chi connectivity index (χ4v) is 3.15. The molecule has 0 aliphatic carbocycles. The molecule has 3 aromatic rings. The highest BCUT2D eigenvalue weighted by Gasteiger charge is 2.17. The summed E-state index contributed by atoms with van der Waals surface area (Å²) in [6.45, 7) is 2.93. The maximum absolute atomic E-state index is 11.5. The minimum absolute atomic E-state index is 0.280. The molecule has 0 fully saturated rings. The quantitative estimate of drug-likeness (QED) is 0.771. The molecule has 3 heteroatoms. The fourth-order valence-electron chi connectivity index (χ4n) is 3.15. The van der Waals surface area contributed by atoms with Crippen molar-refractivity contribution in [1.82, 2.24) is 4.57 Å². The predicted octanol–water partition coefficient (Wildman–Crippen LogP) is 3.28. The molecule has 112 valence electrons. The minimum atomic E-state index is -0.280. The van der Waals surface area contributed by atoms with Crippen molar-refractivity contribution >= 4 is 16.8 Å². The van der Waals surface area contributed by atoms with Gasteiger partial charge in [-0.2, -0.15) is 0 Å². The zero-order chi connectivity index (χ0) is 15.5. The maximum atomic E-state index is 11.5. The first-order valence-electron chi connectivity index (χ1n) is 7.62. The van der Waals surface area contributed by atoms with Gasteiger partial charge in [0.05, 0.1) is 6.42 Å². The SMILES string of the molecule is CCc1c(CC(N)=O)c2ccccc2n1Cc1ccccc1. The van der Waals surface area contributed by atoms with Crippen molar-refractivity contribution in [3.63, 3.8) is 0 Å². The molecule has 0 spiro atoms. The van der Waals surface area contributed by atoms with Crippen LogP contribution in [0.25, 0.3) is 10.9 Å². The van der Waals surface area contributed by atoms with E-state index >= 15 is 0 Å². The van der Waals surface area contributed by atoms with Crippen LogP contribution in [0, 0.1) is 0 Å². The van der Waals surface area contributed by atoms with Crippen LogP contribution in [0.5, 0.6) is 0 Å². The number of fused-ring (bicyclic) bond motifs is 1. The Balaban J connectivity index is 2.17. The van der Waals surface area contributed by atoms with E-state index < -0.39 is 0 Å². The van der Waals surface area contributed by atoms with Gasteiger partial charge in [0.2, 0.25) is 5.91 Å². The van der Waals surface area contributed by atoms with Crippen LogP contribution in [-0.4, -0.2) is 10.5 Å². The highest BCUT2D eigenvalue weighted by molar-refractivity contribution is 5.90. The molecule has 1 aromatic heterocycles. The summed E-state index contributed by atoms with van der Waals surface area (Å²) in [7, 11) is 0. The first-order valence-corrected chi connectivity index (χ1v) is 7.62. The Morgan fingerprint density at radius 3 is 2.41 bits per heavy atom. The first kappa shape index (κ1) is 14.4. The summed E-state index contributed by atoms with van der Waals surface area (Å²) in [6, 6.07) is 18.6. The molecular weight excluding hydrogens is 272 g/mol. The third-order valence-corrected chi connectivity index (χ3v) is 4.06. The van der Waals surface area contributed by atoms with Crippen molar-refractivity contribution in [2.24, 2.45) is 5.73 Å². The van der Waals surface area contributed by atoms with Crippen LogP contribution < -0.4 is 5.73 Å². The monoisotopic (exact) mass is 292 g/mol. The molecule has 22 heavy (non-hydrogen) atoms. The highest BCUT2D eigenvalue weighted by Crippen LogP contribution is 2.28. The Morgan fingerprint density at radius 2 is 1.73 bits per heavy atom. The van der Waals surface area contributed by atoms with Gasteiger partial charge in [-0.1, -0.05) is 55.5 Å². The molecule has 3 nitrogen and oxygen atoms in total. The number of hydrogen-bond acceptors (Lipinski definition) is 1. The Labute approximate surface area is 130 Å². The highest BCUT2D eigenvalue weighted by atomic mass is 16.1. The van der Waals surface area contributed by atoms with Gasteiger partial charge in [0.15, 0.2) is 0 Å². The van der Waals surface area contributed by atoms with Crippen LogP contribution in [0.1, 0.15) is 23.7 Å². The number of para-hydroxylation sites is 1. The van der Waals surface area contributed by atoms with Crippen LogP contribution >= 0.6 is 0 Å². The fraction of sp³-hybridized carbons (Fsp3) is 0.211. The molecule has 0 saturated carbocycles. The van der Waals surface area contributed by atoms with Crippen LogP contribution in [0.4, 0.5) is 0 Å². The number of carbonyl (C=O) groups excluding carboxylic acids is 1. The van der Waals surface area contributed by atoms with E-state index in [2.05, 4.69) is 47.9 Å². The molecule has 0 aliphatic rings. The van der Waals surface area contributed by atoms with Gasteiger partial charge in [-0.25, -0.2) is 0 Å². The van der Waals surface area contributed by atoms with Gasteiger partial charge in [-0.3, -0.25) is 4.79 Å². The molecule has 0 saturated heterocycles. The Kier molecular flexibility index (Phi) is 3.96. The summed E-state index contributed by atoms with van der Waals surface area (Å²) in [4.78, 5) is 11.5. The molecule has 3 rings (SSSR count). The molecular formula is C19H20N2O. The summed E-state index contributed by atoms with van der Waals surface area (Å²) in [5, 5.41) is 1.13. The molecule has 2 aromatic carbocycles. The van der Waals surface area contributed by atoms with E-state index in [1.165, 1.54) is 16.8 Å². The van der Waals surface area contributed by atoms with E-state index in [9.17, 15) is 4.79 Å². The molecule has 0 atom stereocenters. The first-order chi connectivity index (χ1) is 10.7. The number of nitrogens with two attached hydrogens (primary N) is 1. The third-order valence-electron chi connectivity index (χ3n) is 4.06. The summed E-state index contributed by atoms with van der Waals surface area (Å²) in [5.41, 5.74) is 10.1. The number of rotatable bonds is 5. The van der Waals surface area contributed by atoms with Crippen LogP contribution in [-0.2, 0) is 24.2 Å². The molecule has 1 heterocycles. The Morgan fingerprint density at radius 1 is 1.05 bits per heavy atom. The minimum Gasteiger partial charge on any atom is -0.369 e. The molecule has 0 radical (unpaired) electrons. The number of hydrogen-bond donors (Lipinski definition) is 1. The molecule has 2 N–H and O–H groups in total. The second-order valence-corrected chi connectivity index (χ2v) is 5.51. The molecule has 0 bridgehead atoms. The lowest BCUT2D eigenvalue weighted by molar-refractivity contribution is -0.117. The zero-order valence-corrected chi connectivity index (χ0v) is 12.8. The Hall–Kier alpha value is -2.55. The van der Waals surface area contributed by atoms with Crippen molar-refractivity contribution in [3.8, 4) is 0 Å². The van der Waals surface area contributed by atoms with Crippen molar-refractivity contribution in [2.45, 2.75) is 26.3 Å². The number of benzene rings is 2. The predicted molar refractivity (Wildman–Crippen MR) is 89.8 cm³/mol. The second kappa shape index (κ2) is 6.06. The topological polar surface area (TPSA) is 48.0 Å². The van der Waals surface area contributed by atoms with Crippen molar-refractivity contribution < 1.29 is 4.79 Å². The van der Waals surface area contributed by atoms with E-state index in [1.807, 2.05) is 18.2 Å². The molecule has 1 amide bonds. The number of nitrogens with zero attached hydrogens (tertiary/aromatic N) is 1. The van der Waals surface area contributed by atoms with E-state index in [-0.39, 0.29) is 5.91 Å². The molecule has 0 unspecified atom stereocenters. The van der Waals surface area contributed by atoms with Crippen molar-refractivity contribution in [1.29, 1.82) is 0 Å². The smallest absolute Gasteiger partial charge is 0.221 e.